The van der Waals surface area contributed by atoms with Gasteiger partial charge in [0, 0.05) is 19.1 Å². The molecular formula is C14H20N4S. The minimum absolute atomic E-state index is 0.610. The molecule has 1 fully saturated rings. The van der Waals surface area contributed by atoms with E-state index in [0.29, 0.717) is 6.04 Å². The zero-order valence-corrected chi connectivity index (χ0v) is 12.3. The van der Waals surface area contributed by atoms with E-state index in [4.69, 9.17) is 5.73 Å². The molecule has 0 saturated carbocycles. The SMILES string of the molecule is CN(C)C1CCCN(c2ccc3scnc3c2N)C1. The molecule has 0 amide bonds. The van der Waals surface area contributed by atoms with Crippen molar-refractivity contribution in [1.29, 1.82) is 0 Å². The molecule has 0 radical (unpaired) electrons. The molecule has 0 spiro atoms. The molecule has 5 heteroatoms. The first-order chi connectivity index (χ1) is 9.16. The minimum Gasteiger partial charge on any atom is -0.395 e. The molecule has 2 heterocycles. The normalized spacial score (nSPS) is 20.4. The van der Waals surface area contributed by atoms with Crippen molar-refractivity contribution in [3.05, 3.63) is 17.6 Å². The van der Waals surface area contributed by atoms with Crippen LogP contribution in [0.4, 0.5) is 11.4 Å². The van der Waals surface area contributed by atoms with Crippen molar-refractivity contribution < 1.29 is 0 Å². The summed E-state index contributed by atoms with van der Waals surface area (Å²) >= 11 is 1.64. The molecule has 1 atom stereocenters. The lowest BCUT2D eigenvalue weighted by atomic mass is 10.0. The number of thiazole rings is 1. The van der Waals surface area contributed by atoms with Crippen LogP contribution >= 0.6 is 11.3 Å². The topological polar surface area (TPSA) is 45.4 Å². The molecule has 102 valence electrons. The Balaban J connectivity index is 1.93. The molecule has 3 rings (SSSR count). The zero-order valence-electron chi connectivity index (χ0n) is 11.5. The maximum Gasteiger partial charge on any atom is 0.106 e. The lowest BCUT2D eigenvalue weighted by molar-refractivity contribution is 0.258. The molecule has 1 aliphatic rings. The number of piperidine rings is 1. The van der Waals surface area contributed by atoms with Gasteiger partial charge in [0.1, 0.15) is 5.52 Å². The van der Waals surface area contributed by atoms with Crippen LogP contribution in [0.25, 0.3) is 10.2 Å². The average molecular weight is 276 g/mol. The van der Waals surface area contributed by atoms with Gasteiger partial charge >= 0.3 is 0 Å². The molecule has 1 saturated heterocycles. The second kappa shape index (κ2) is 4.98. The third-order valence-corrected chi connectivity index (χ3v) is 4.78. The summed E-state index contributed by atoms with van der Waals surface area (Å²) in [5, 5.41) is 0. The van der Waals surface area contributed by atoms with E-state index in [1.165, 1.54) is 17.5 Å². The first-order valence-corrected chi connectivity index (χ1v) is 7.58. The summed E-state index contributed by atoms with van der Waals surface area (Å²) < 4.78 is 1.17. The van der Waals surface area contributed by atoms with Gasteiger partial charge in [0.05, 0.1) is 21.6 Å². The number of likely N-dealkylation sites (N-methyl/N-ethyl adjacent to an activating group) is 1. The highest BCUT2D eigenvalue weighted by molar-refractivity contribution is 7.16. The fourth-order valence-corrected chi connectivity index (χ4v) is 3.50. The summed E-state index contributed by atoms with van der Waals surface area (Å²) in [6, 6.07) is 4.89. The van der Waals surface area contributed by atoms with E-state index in [2.05, 4.69) is 41.0 Å². The van der Waals surface area contributed by atoms with Crippen molar-refractivity contribution in [2.75, 3.05) is 37.8 Å². The van der Waals surface area contributed by atoms with Crippen LogP contribution in [0.15, 0.2) is 17.6 Å². The van der Waals surface area contributed by atoms with Crippen LogP contribution in [0.1, 0.15) is 12.8 Å². The lowest BCUT2D eigenvalue weighted by Crippen LogP contribution is -2.45. The molecule has 1 aromatic carbocycles. The third-order valence-electron chi connectivity index (χ3n) is 3.99. The summed E-state index contributed by atoms with van der Waals surface area (Å²) in [5.41, 5.74) is 11.1. The van der Waals surface area contributed by atoms with Gasteiger partial charge in [-0.2, -0.15) is 0 Å². The summed E-state index contributed by atoms with van der Waals surface area (Å²) in [4.78, 5) is 9.10. The molecule has 19 heavy (non-hydrogen) atoms. The van der Waals surface area contributed by atoms with Gasteiger partial charge in [0.2, 0.25) is 0 Å². The van der Waals surface area contributed by atoms with E-state index < -0.39 is 0 Å². The minimum atomic E-state index is 0.610. The zero-order chi connectivity index (χ0) is 13.4. The quantitative estimate of drug-likeness (QED) is 0.856. The molecule has 1 aliphatic heterocycles. The van der Waals surface area contributed by atoms with Gasteiger partial charge in [-0.05, 0) is 39.1 Å². The summed E-state index contributed by atoms with van der Waals surface area (Å²) in [6.45, 7) is 2.14. The van der Waals surface area contributed by atoms with Gasteiger partial charge in [0.25, 0.3) is 0 Å². The number of nitrogens with two attached hydrogens (primary N) is 1. The predicted molar refractivity (Wildman–Crippen MR) is 83.0 cm³/mol. The standard InChI is InChI=1S/C14H20N4S/c1-17(2)10-4-3-7-18(8-10)11-5-6-12-14(13(11)15)16-9-19-12/h5-6,9-10H,3-4,7-8,15H2,1-2H3. The van der Waals surface area contributed by atoms with Gasteiger partial charge in [-0.1, -0.05) is 0 Å². The van der Waals surface area contributed by atoms with E-state index in [0.717, 1.165) is 30.0 Å². The highest BCUT2D eigenvalue weighted by Gasteiger charge is 2.23. The second-order valence-corrected chi connectivity index (χ2v) is 6.29. The maximum atomic E-state index is 6.30. The Hall–Kier alpha value is -1.33. The number of benzene rings is 1. The van der Waals surface area contributed by atoms with Crippen LogP contribution in [-0.2, 0) is 0 Å². The number of anilines is 2. The second-order valence-electron chi connectivity index (χ2n) is 5.40. The maximum absolute atomic E-state index is 6.30. The third kappa shape index (κ3) is 2.28. The molecule has 2 aromatic rings. The molecule has 0 aliphatic carbocycles. The largest absolute Gasteiger partial charge is 0.395 e. The molecule has 0 bridgehead atoms. The van der Waals surface area contributed by atoms with E-state index >= 15 is 0 Å². The van der Waals surface area contributed by atoms with Crippen LogP contribution in [0.3, 0.4) is 0 Å². The molecule has 1 aromatic heterocycles. The average Bonchev–Trinajstić information content (AvgIpc) is 2.88. The van der Waals surface area contributed by atoms with E-state index in [1.807, 2.05) is 5.51 Å². The molecular weight excluding hydrogens is 256 g/mol. The fourth-order valence-electron chi connectivity index (χ4n) is 2.81. The van der Waals surface area contributed by atoms with Crippen molar-refractivity contribution in [1.82, 2.24) is 9.88 Å². The summed E-state index contributed by atoms with van der Waals surface area (Å²) in [7, 11) is 4.31. The van der Waals surface area contributed by atoms with E-state index in [-0.39, 0.29) is 0 Å². The van der Waals surface area contributed by atoms with Crippen molar-refractivity contribution in [2.45, 2.75) is 18.9 Å². The number of aromatic nitrogens is 1. The van der Waals surface area contributed by atoms with Gasteiger partial charge in [0.15, 0.2) is 0 Å². The van der Waals surface area contributed by atoms with Crippen molar-refractivity contribution in [3.8, 4) is 0 Å². The van der Waals surface area contributed by atoms with Crippen LogP contribution < -0.4 is 10.6 Å². The van der Waals surface area contributed by atoms with E-state index in [1.54, 1.807) is 11.3 Å². The van der Waals surface area contributed by atoms with Gasteiger partial charge in [-0.3, -0.25) is 0 Å². The van der Waals surface area contributed by atoms with Crippen molar-refractivity contribution in [3.63, 3.8) is 0 Å². The van der Waals surface area contributed by atoms with Gasteiger partial charge in [-0.25, -0.2) is 4.98 Å². The Morgan fingerprint density at radius 2 is 2.26 bits per heavy atom. The number of fused-ring (bicyclic) bond motifs is 1. The molecule has 4 nitrogen and oxygen atoms in total. The summed E-state index contributed by atoms with van der Waals surface area (Å²) in [6.07, 6.45) is 2.49. The van der Waals surface area contributed by atoms with Crippen LogP contribution in [0.5, 0.6) is 0 Å². The van der Waals surface area contributed by atoms with Crippen LogP contribution in [-0.4, -0.2) is 43.1 Å². The Bertz CT molecular complexity index is 578. The van der Waals surface area contributed by atoms with Gasteiger partial charge < -0.3 is 15.5 Å². The molecule has 1 unspecified atom stereocenters. The number of hydrogen-bond donors (Lipinski definition) is 1. The fraction of sp³-hybridized carbons (Fsp3) is 0.500. The Morgan fingerprint density at radius 3 is 3.05 bits per heavy atom. The monoisotopic (exact) mass is 276 g/mol. The number of rotatable bonds is 2. The Morgan fingerprint density at radius 1 is 1.42 bits per heavy atom. The number of nitrogens with zero attached hydrogens (tertiary/aromatic N) is 3. The Kier molecular flexibility index (Phi) is 3.33. The predicted octanol–water partition coefficient (Wildman–Crippen LogP) is 2.41. The lowest BCUT2D eigenvalue weighted by Gasteiger charge is -2.38. The highest BCUT2D eigenvalue weighted by atomic mass is 32.1. The smallest absolute Gasteiger partial charge is 0.106 e. The van der Waals surface area contributed by atoms with Crippen molar-refractivity contribution in [2.24, 2.45) is 0 Å². The molecule has 2 N–H and O–H groups in total. The summed E-state index contributed by atoms with van der Waals surface area (Å²) in [5.74, 6) is 0. The first kappa shape index (κ1) is 12.7. The van der Waals surface area contributed by atoms with Crippen LogP contribution in [0.2, 0.25) is 0 Å². The van der Waals surface area contributed by atoms with Crippen LogP contribution in [0, 0.1) is 0 Å². The Labute approximate surface area is 117 Å². The highest BCUT2D eigenvalue weighted by Crippen LogP contribution is 2.34. The number of hydrogen-bond acceptors (Lipinski definition) is 5. The number of nitrogen functional groups attached to an aromatic ring is 1. The van der Waals surface area contributed by atoms with E-state index in [9.17, 15) is 0 Å². The van der Waals surface area contributed by atoms with Gasteiger partial charge in [-0.15, -0.1) is 11.3 Å². The van der Waals surface area contributed by atoms with Crippen molar-refractivity contribution >= 4 is 32.9 Å². The first-order valence-electron chi connectivity index (χ1n) is 6.70.